The van der Waals surface area contributed by atoms with Crippen LogP contribution < -0.4 is 0 Å². The number of halogens is 3. The van der Waals surface area contributed by atoms with Gasteiger partial charge in [-0.15, -0.1) is 0 Å². The van der Waals surface area contributed by atoms with Gasteiger partial charge < -0.3 is 28.4 Å². The Morgan fingerprint density at radius 2 is 1.32 bits per heavy atom. The summed E-state index contributed by atoms with van der Waals surface area (Å²) in [6.45, 7) is 2.67. The molecule has 0 spiro atoms. The Bertz CT molecular complexity index is 605. The fourth-order valence-electron chi connectivity index (χ4n) is 2.39. The van der Waals surface area contributed by atoms with E-state index in [9.17, 15) is 19.2 Å². The van der Waals surface area contributed by atoms with Gasteiger partial charge in [-0.3, -0.25) is 14.4 Å². The van der Waals surface area contributed by atoms with E-state index in [2.05, 4.69) is 4.74 Å². The van der Waals surface area contributed by atoms with Crippen LogP contribution in [0.15, 0.2) is 0 Å². The Hall–Kier alpha value is -1.33. The maximum absolute atomic E-state index is 12.1. The second kappa shape index (κ2) is 10.4. The molecular weight excluding hydrogens is 447 g/mol. The van der Waals surface area contributed by atoms with Gasteiger partial charge in [-0.2, -0.15) is 0 Å². The monoisotopic (exact) mass is 464 g/mol. The number of rotatable bonds is 6. The molecule has 1 fully saturated rings. The van der Waals surface area contributed by atoms with Crippen LogP contribution in [0.1, 0.15) is 20.8 Å². The summed E-state index contributed by atoms with van der Waals surface area (Å²) in [4.78, 5) is 46.8. The summed E-state index contributed by atoms with van der Waals surface area (Å²) in [6.07, 6.45) is -7.50. The number of hydrogen-bond acceptors (Lipinski definition) is 10. The van der Waals surface area contributed by atoms with Gasteiger partial charge in [-0.25, -0.2) is 4.79 Å². The van der Waals surface area contributed by atoms with Crippen LogP contribution in [0.25, 0.3) is 0 Å². The van der Waals surface area contributed by atoms with Gasteiger partial charge >= 0.3 is 23.9 Å². The number of hydrogen-bond donors (Lipinski definition) is 0. The van der Waals surface area contributed by atoms with Crippen LogP contribution >= 0.6 is 34.8 Å². The lowest BCUT2D eigenvalue weighted by Crippen LogP contribution is -2.64. The molecule has 160 valence electrons. The minimum atomic E-state index is -1.87. The van der Waals surface area contributed by atoms with Crippen molar-refractivity contribution in [2.45, 2.75) is 55.3 Å². The van der Waals surface area contributed by atoms with Crippen molar-refractivity contribution < 1.29 is 47.6 Å². The van der Waals surface area contributed by atoms with Crippen LogP contribution in [0.5, 0.6) is 0 Å². The van der Waals surface area contributed by atoms with Crippen LogP contribution in [0.3, 0.4) is 0 Å². The Labute approximate surface area is 175 Å². The first-order valence-corrected chi connectivity index (χ1v) is 8.92. The standard InChI is InChI=1S/C15H19Cl3O10/c1-6(19)25-9-10(26-7(2)20)12(27-8(3)21)14(24-5-15(16,17)18)28-11(9)13(22)23-4/h9-12,14H,5H2,1-4H3/t9-,10+,11?,12?,14+/m0/s1. The molecule has 2 unspecified atom stereocenters. The highest BCUT2D eigenvalue weighted by Crippen LogP contribution is 2.33. The predicted octanol–water partition coefficient (Wildman–Crippen LogP) is 1.07. The van der Waals surface area contributed by atoms with E-state index in [1.165, 1.54) is 0 Å². The molecule has 0 aromatic carbocycles. The lowest BCUT2D eigenvalue weighted by Gasteiger charge is -2.43. The second-order valence-corrected chi connectivity index (χ2v) is 8.11. The highest BCUT2D eigenvalue weighted by atomic mass is 35.6. The molecule has 5 atom stereocenters. The maximum Gasteiger partial charge on any atom is 0.339 e. The normalized spacial score (nSPS) is 27.5. The van der Waals surface area contributed by atoms with E-state index in [4.69, 9.17) is 58.5 Å². The lowest BCUT2D eigenvalue weighted by atomic mass is 9.97. The molecule has 0 bridgehead atoms. The Kier molecular flexibility index (Phi) is 9.22. The van der Waals surface area contributed by atoms with Gasteiger partial charge in [0.2, 0.25) is 3.79 Å². The molecular formula is C15H19Cl3O10. The van der Waals surface area contributed by atoms with Crippen molar-refractivity contribution >= 4 is 58.7 Å². The lowest BCUT2D eigenvalue weighted by molar-refractivity contribution is -0.301. The van der Waals surface area contributed by atoms with Crippen molar-refractivity contribution in [2.24, 2.45) is 0 Å². The van der Waals surface area contributed by atoms with Gasteiger partial charge in [0.1, 0.15) is 0 Å². The zero-order valence-electron chi connectivity index (χ0n) is 15.3. The number of carbonyl (C=O) groups is 4. The first-order valence-electron chi connectivity index (χ1n) is 7.79. The molecule has 1 aliphatic heterocycles. The van der Waals surface area contributed by atoms with Gasteiger partial charge in [-0.1, -0.05) is 34.8 Å². The predicted molar refractivity (Wildman–Crippen MR) is 93.6 cm³/mol. The molecule has 1 rings (SSSR count). The molecule has 0 N–H and O–H groups in total. The minimum absolute atomic E-state index is 0.529. The molecule has 1 aliphatic rings. The van der Waals surface area contributed by atoms with Gasteiger partial charge in [0.25, 0.3) is 0 Å². The zero-order chi connectivity index (χ0) is 21.6. The SMILES string of the molecule is COC(=O)C1O[C@@H](OCC(Cl)(Cl)Cl)C(OC(C)=O)[C@H](OC(C)=O)[C@@H]1OC(C)=O. The van der Waals surface area contributed by atoms with Crippen molar-refractivity contribution in [2.75, 3.05) is 13.7 Å². The van der Waals surface area contributed by atoms with Gasteiger partial charge in [0, 0.05) is 20.8 Å². The molecule has 0 saturated carbocycles. The van der Waals surface area contributed by atoms with Crippen molar-refractivity contribution in [1.29, 1.82) is 0 Å². The molecule has 1 heterocycles. The number of esters is 4. The number of ether oxygens (including phenoxy) is 6. The summed E-state index contributed by atoms with van der Waals surface area (Å²) in [5, 5.41) is 0. The number of carbonyl (C=O) groups excluding carboxylic acids is 4. The summed E-state index contributed by atoms with van der Waals surface area (Å²) in [5.74, 6) is -3.40. The zero-order valence-corrected chi connectivity index (χ0v) is 17.6. The molecule has 0 aromatic heterocycles. The summed E-state index contributed by atoms with van der Waals surface area (Å²) in [5.41, 5.74) is 0. The first-order chi connectivity index (χ1) is 12.9. The van der Waals surface area contributed by atoms with Crippen molar-refractivity contribution in [3.8, 4) is 0 Å². The summed E-state index contributed by atoms with van der Waals surface area (Å²) in [7, 11) is 1.06. The van der Waals surface area contributed by atoms with E-state index >= 15 is 0 Å². The fraction of sp³-hybridized carbons (Fsp3) is 0.733. The van der Waals surface area contributed by atoms with Crippen molar-refractivity contribution in [3.63, 3.8) is 0 Å². The Morgan fingerprint density at radius 3 is 1.75 bits per heavy atom. The summed E-state index contributed by atoms with van der Waals surface area (Å²) < 4.78 is 28.9. The fourth-order valence-corrected chi connectivity index (χ4v) is 2.58. The Morgan fingerprint density at radius 1 is 0.857 bits per heavy atom. The van der Waals surface area contributed by atoms with Crippen molar-refractivity contribution in [3.05, 3.63) is 0 Å². The molecule has 0 radical (unpaired) electrons. The number of alkyl halides is 3. The van der Waals surface area contributed by atoms with Crippen LogP contribution in [0, 0.1) is 0 Å². The average molecular weight is 466 g/mol. The van der Waals surface area contributed by atoms with E-state index < -0.39 is 65.0 Å². The summed E-state index contributed by atoms with van der Waals surface area (Å²) in [6, 6.07) is 0. The molecule has 1 saturated heterocycles. The van der Waals surface area contributed by atoms with E-state index in [0.717, 1.165) is 27.9 Å². The minimum Gasteiger partial charge on any atom is -0.467 e. The number of methoxy groups -OCH3 is 1. The van der Waals surface area contributed by atoms with Crippen LogP contribution in [-0.4, -0.2) is 72.1 Å². The molecule has 0 aliphatic carbocycles. The maximum atomic E-state index is 12.1. The quantitative estimate of drug-likeness (QED) is 0.319. The van der Waals surface area contributed by atoms with E-state index in [1.54, 1.807) is 0 Å². The van der Waals surface area contributed by atoms with E-state index in [1.807, 2.05) is 0 Å². The third-order valence-corrected chi connectivity index (χ3v) is 3.57. The summed E-state index contributed by atoms with van der Waals surface area (Å²) >= 11 is 16.9. The van der Waals surface area contributed by atoms with Gasteiger partial charge in [0.15, 0.2) is 30.7 Å². The molecule has 0 amide bonds. The molecule has 28 heavy (non-hydrogen) atoms. The average Bonchev–Trinajstić information content (AvgIpc) is 2.54. The smallest absolute Gasteiger partial charge is 0.339 e. The topological polar surface area (TPSA) is 124 Å². The van der Waals surface area contributed by atoms with Crippen LogP contribution in [0.4, 0.5) is 0 Å². The van der Waals surface area contributed by atoms with E-state index in [0.29, 0.717) is 0 Å². The Balaban J connectivity index is 3.34. The van der Waals surface area contributed by atoms with Gasteiger partial charge in [0.05, 0.1) is 13.7 Å². The van der Waals surface area contributed by atoms with Crippen LogP contribution in [0.2, 0.25) is 0 Å². The third kappa shape index (κ3) is 7.59. The first kappa shape index (κ1) is 24.7. The largest absolute Gasteiger partial charge is 0.467 e. The van der Waals surface area contributed by atoms with Crippen molar-refractivity contribution in [1.82, 2.24) is 0 Å². The van der Waals surface area contributed by atoms with Crippen LogP contribution in [-0.2, 0) is 47.6 Å². The van der Waals surface area contributed by atoms with Gasteiger partial charge in [-0.05, 0) is 0 Å². The third-order valence-electron chi connectivity index (χ3n) is 3.25. The highest BCUT2D eigenvalue weighted by molar-refractivity contribution is 6.67. The highest BCUT2D eigenvalue weighted by Gasteiger charge is 2.55. The molecule has 10 nitrogen and oxygen atoms in total. The molecule has 0 aromatic rings. The molecule has 13 heteroatoms. The van der Waals surface area contributed by atoms with E-state index in [-0.39, 0.29) is 0 Å². The second-order valence-electron chi connectivity index (χ2n) is 5.60.